The zero-order valence-electron chi connectivity index (χ0n) is 15.2. The molecule has 1 N–H and O–H groups in total. The Labute approximate surface area is 158 Å². The minimum absolute atomic E-state index is 0.580. The molecule has 27 heavy (non-hydrogen) atoms. The normalized spacial score (nSPS) is 10.7. The summed E-state index contributed by atoms with van der Waals surface area (Å²) in [7, 11) is 0. The summed E-state index contributed by atoms with van der Waals surface area (Å²) in [6, 6.07) is 22.6. The van der Waals surface area contributed by atoms with Gasteiger partial charge in [0.15, 0.2) is 0 Å². The first-order valence-corrected chi connectivity index (χ1v) is 8.98. The van der Waals surface area contributed by atoms with Crippen molar-refractivity contribution in [2.24, 2.45) is 0 Å². The van der Waals surface area contributed by atoms with Crippen LogP contribution in [-0.4, -0.2) is 9.97 Å². The number of hydrogen-bond donors (Lipinski definition) is 1. The summed E-state index contributed by atoms with van der Waals surface area (Å²) in [4.78, 5) is 8.35. The van der Waals surface area contributed by atoms with Crippen LogP contribution >= 0.6 is 0 Å². The summed E-state index contributed by atoms with van der Waals surface area (Å²) in [6.07, 6.45) is 3.40. The molecule has 1 heterocycles. The lowest BCUT2D eigenvalue weighted by Crippen LogP contribution is -2.02. The second-order valence-electron chi connectivity index (χ2n) is 6.51. The Bertz CT molecular complexity index is 1050. The summed E-state index contributed by atoms with van der Waals surface area (Å²) < 4.78 is 5.90. The summed E-state index contributed by atoms with van der Waals surface area (Å²) in [6.45, 7) is 3.44. The predicted molar refractivity (Wildman–Crippen MR) is 109 cm³/mol. The largest absolute Gasteiger partial charge is 0.489 e. The molecule has 4 nitrogen and oxygen atoms in total. The van der Waals surface area contributed by atoms with Gasteiger partial charge in [-0.3, -0.25) is 0 Å². The number of aromatic nitrogens is 2. The number of fused-ring (bicyclic) bond motifs is 1. The fourth-order valence-corrected chi connectivity index (χ4v) is 2.98. The van der Waals surface area contributed by atoms with Crippen molar-refractivity contribution in [1.82, 2.24) is 9.97 Å². The van der Waals surface area contributed by atoms with Crippen LogP contribution in [0, 0.1) is 6.92 Å². The van der Waals surface area contributed by atoms with Gasteiger partial charge in [0.1, 0.15) is 18.7 Å². The minimum atomic E-state index is 0.580. The number of anilines is 1. The van der Waals surface area contributed by atoms with Gasteiger partial charge in [0, 0.05) is 23.8 Å². The molecular weight excluding hydrogens is 334 g/mol. The number of aryl methyl sites for hydroxylation is 1. The molecule has 4 rings (SSSR count). The number of rotatable bonds is 6. The Morgan fingerprint density at radius 2 is 1.85 bits per heavy atom. The average molecular weight is 355 g/mol. The van der Waals surface area contributed by atoms with Crippen LogP contribution in [0.5, 0.6) is 5.75 Å². The second kappa shape index (κ2) is 7.87. The van der Waals surface area contributed by atoms with Gasteiger partial charge >= 0.3 is 0 Å². The molecule has 0 bridgehead atoms. The summed E-state index contributed by atoms with van der Waals surface area (Å²) >= 11 is 0. The highest BCUT2D eigenvalue weighted by molar-refractivity contribution is 5.81. The highest BCUT2D eigenvalue weighted by Crippen LogP contribution is 2.21. The highest BCUT2D eigenvalue weighted by atomic mass is 16.5. The minimum Gasteiger partial charge on any atom is -0.489 e. The maximum atomic E-state index is 5.90. The van der Waals surface area contributed by atoms with E-state index in [9.17, 15) is 0 Å². The third-order valence-corrected chi connectivity index (χ3v) is 4.55. The number of benzene rings is 3. The lowest BCUT2D eigenvalue weighted by molar-refractivity contribution is 0.306. The summed E-state index contributed by atoms with van der Waals surface area (Å²) in [5.41, 5.74) is 5.60. The van der Waals surface area contributed by atoms with E-state index in [0.717, 1.165) is 28.9 Å². The van der Waals surface area contributed by atoms with Crippen molar-refractivity contribution >= 4 is 16.6 Å². The molecule has 0 saturated carbocycles. The van der Waals surface area contributed by atoms with Gasteiger partial charge in [0.2, 0.25) is 0 Å². The summed E-state index contributed by atoms with van der Waals surface area (Å²) in [5, 5.41) is 4.51. The molecule has 0 atom stereocenters. The van der Waals surface area contributed by atoms with Gasteiger partial charge in [-0.1, -0.05) is 36.4 Å². The van der Waals surface area contributed by atoms with Crippen molar-refractivity contribution in [2.75, 3.05) is 5.32 Å². The van der Waals surface area contributed by atoms with Crippen molar-refractivity contribution in [2.45, 2.75) is 20.1 Å². The Hall–Kier alpha value is -3.40. The van der Waals surface area contributed by atoms with Crippen LogP contribution < -0.4 is 10.1 Å². The topological polar surface area (TPSA) is 47.0 Å². The van der Waals surface area contributed by atoms with E-state index < -0.39 is 0 Å². The standard InChI is InChI=1S/C23H21N3O/c1-17-11-22(27-15-18-5-3-2-4-6-18)10-8-19(17)14-25-21-9-7-20-13-24-16-26-23(20)12-21/h2-13,16,25H,14-15H2,1H3. The van der Waals surface area contributed by atoms with Gasteiger partial charge in [0.25, 0.3) is 0 Å². The van der Waals surface area contributed by atoms with E-state index in [4.69, 9.17) is 4.74 Å². The van der Waals surface area contributed by atoms with Gasteiger partial charge in [-0.15, -0.1) is 0 Å². The maximum Gasteiger partial charge on any atom is 0.120 e. The van der Waals surface area contributed by atoms with Gasteiger partial charge in [-0.05, 0) is 53.9 Å². The van der Waals surface area contributed by atoms with Crippen LogP contribution in [0.15, 0.2) is 79.3 Å². The Morgan fingerprint density at radius 1 is 0.963 bits per heavy atom. The second-order valence-corrected chi connectivity index (χ2v) is 6.51. The Balaban J connectivity index is 1.40. The van der Waals surface area contributed by atoms with Gasteiger partial charge in [-0.2, -0.15) is 0 Å². The molecule has 0 amide bonds. The highest BCUT2D eigenvalue weighted by Gasteiger charge is 2.03. The lowest BCUT2D eigenvalue weighted by atomic mass is 10.1. The van der Waals surface area contributed by atoms with Crippen molar-refractivity contribution < 1.29 is 4.74 Å². The Morgan fingerprint density at radius 3 is 2.70 bits per heavy atom. The van der Waals surface area contributed by atoms with Gasteiger partial charge in [0.05, 0.1) is 5.52 Å². The molecule has 0 radical (unpaired) electrons. The van der Waals surface area contributed by atoms with E-state index in [1.807, 2.05) is 42.6 Å². The number of nitrogens with zero attached hydrogens (tertiary/aromatic N) is 2. The quantitative estimate of drug-likeness (QED) is 0.521. The molecule has 0 fully saturated rings. The van der Waals surface area contributed by atoms with Crippen LogP contribution in [0.25, 0.3) is 10.9 Å². The van der Waals surface area contributed by atoms with Crippen LogP contribution in [0.2, 0.25) is 0 Å². The zero-order valence-corrected chi connectivity index (χ0v) is 15.2. The molecule has 1 aromatic heterocycles. The first kappa shape index (κ1) is 17.0. The van der Waals surface area contributed by atoms with Gasteiger partial charge in [-0.25, -0.2) is 9.97 Å². The molecule has 0 aliphatic rings. The first-order chi connectivity index (χ1) is 13.3. The van der Waals surface area contributed by atoms with E-state index in [1.54, 1.807) is 6.33 Å². The zero-order chi connectivity index (χ0) is 18.5. The van der Waals surface area contributed by atoms with E-state index in [2.05, 4.69) is 52.5 Å². The number of ether oxygens (including phenoxy) is 1. The van der Waals surface area contributed by atoms with Gasteiger partial charge < -0.3 is 10.1 Å². The van der Waals surface area contributed by atoms with Crippen molar-refractivity contribution in [3.05, 3.63) is 95.9 Å². The SMILES string of the molecule is Cc1cc(OCc2ccccc2)ccc1CNc1ccc2cncnc2c1. The summed E-state index contributed by atoms with van der Waals surface area (Å²) in [5.74, 6) is 0.891. The molecule has 4 heteroatoms. The monoisotopic (exact) mass is 355 g/mol. The van der Waals surface area contributed by atoms with Crippen molar-refractivity contribution in [3.8, 4) is 5.75 Å². The van der Waals surface area contributed by atoms with E-state index in [-0.39, 0.29) is 0 Å². The fraction of sp³-hybridized carbons (Fsp3) is 0.130. The smallest absolute Gasteiger partial charge is 0.120 e. The van der Waals surface area contributed by atoms with Crippen LogP contribution in [-0.2, 0) is 13.2 Å². The average Bonchev–Trinajstić information content (AvgIpc) is 2.72. The first-order valence-electron chi connectivity index (χ1n) is 8.98. The van der Waals surface area contributed by atoms with Crippen LogP contribution in [0.3, 0.4) is 0 Å². The predicted octanol–water partition coefficient (Wildman–Crippen LogP) is 5.13. The molecule has 0 spiro atoms. The lowest BCUT2D eigenvalue weighted by Gasteiger charge is -2.12. The molecule has 0 unspecified atom stereocenters. The van der Waals surface area contributed by atoms with Crippen LogP contribution in [0.4, 0.5) is 5.69 Å². The Kier molecular flexibility index (Phi) is 4.97. The molecular formula is C23H21N3O. The molecule has 134 valence electrons. The maximum absolute atomic E-state index is 5.90. The molecule has 0 saturated heterocycles. The van der Waals surface area contributed by atoms with Crippen molar-refractivity contribution in [3.63, 3.8) is 0 Å². The third-order valence-electron chi connectivity index (χ3n) is 4.55. The van der Waals surface area contributed by atoms with Crippen molar-refractivity contribution in [1.29, 1.82) is 0 Å². The van der Waals surface area contributed by atoms with E-state index >= 15 is 0 Å². The molecule has 0 aliphatic carbocycles. The van der Waals surface area contributed by atoms with Crippen LogP contribution in [0.1, 0.15) is 16.7 Å². The molecule has 3 aromatic carbocycles. The fourth-order valence-electron chi connectivity index (χ4n) is 2.98. The van der Waals surface area contributed by atoms with E-state index in [1.165, 1.54) is 16.7 Å². The third kappa shape index (κ3) is 4.23. The number of nitrogens with one attached hydrogen (secondary N) is 1. The molecule has 4 aromatic rings. The van der Waals surface area contributed by atoms with E-state index in [0.29, 0.717) is 6.61 Å². The number of hydrogen-bond acceptors (Lipinski definition) is 4. The molecule has 0 aliphatic heterocycles.